The number of halogens is 1. The lowest BCUT2D eigenvalue weighted by Gasteiger charge is -2.26. The molecule has 20 heavy (non-hydrogen) atoms. The van der Waals surface area contributed by atoms with Gasteiger partial charge in [-0.2, -0.15) is 4.98 Å². The minimum Gasteiger partial charge on any atom is -0.353 e. The molecule has 5 nitrogen and oxygen atoms in total. The van der Waals surface area contributed by atoms with E-state index in [-0.39, 0.29) is 6.04 Å². The van der Waals surface area contributed by atoms with Gasteiger partial charge < -0.3 is 4.90 Å². The molecular weight excluding hydrogens is 274 g/mol. The summed E-state index contributed by atoms with van der Waals surface area (Å²) < 4.78 is 0. The average molecular weight is 292 g/mol. The Morgan fingerprint density at radius 3 is 2.50 bits per heavy atom. The van der Waals surface area contributed by atoms with Crippen molar-refractivity contribution in [3.05, 3.63) is 46.6 Å². The van der Waals surface area contributed by atoms with Crippen LogP contribution in [-0.2, 0) is 0 Å². The van der Waals surface area contributed by atoms with Gasteiger partial charge in [0.2, 0.25) is 5.95 Å². The van der Waals surface area contributed by atoms with E-state index in [0.717, 1.165) is 22.1 Å². The molecule has 0 radical (unpaired) electrons. The number of hydrogen-bond donors (Lipinski definition) is 2. The first kappa shape index (κ1) is 14.6. The normalized spacial score (nSPS) is 12.1. The van der Waals surface area contributed by atoms with Crippen LogP contribution in [0, 0.1) is 6.92 Å². The first-order valence-electron chi connectivity index (χ1n) is 6.32. The van der Waals surface area contributed by atoms with E-state index in [2.05, 4.69) is 27.2 Å². The van der Waals surface area contributed by atoms with E-state index in [1.807, 2.05) is 44.3 Å². The van der Waals surface area contributed by atoms with E-state index >= 15 is 0 Å². The number of anilines is 2. The molecule has 0 bridgehead atoms. The van der Waals surface area contributed by atoms with Crippen LogP contribution in [0.1, 0.15) is 24.2 Å². The maximum absolute atomic E-state index is 5.92. The Bertz CT molecular complexity index is 585. The van der Waals surface area contributed by atoms with Crippen LogP contribution in [0.2, 0.25) is 5.02 Å². The second-order valence-corrected chi connectivity index (χ2v) is 5.11. The van der Waals surface area contributed by atoms with E-state index in [9.17, 15) is 0 Å². The van der Waals surface area contributed by atoms with Gasteiger partial charge in [0.15, 0.2) is 0 Å². The molecule has 0 saturated carbocycles. The third-order valence-electron chi connectivity index (χ3n) is 3.26. The maximum Gasteiger partial charge on any atom is 0.239 e. The van der Waals surface area contributed by atoms with Crippen molar-refractivity contribution in [1.29, 1.82) is 0 Å². The van der Waals surface area contributed by atoms with Gasteiger partial charge in [0.05, 0.1) is 6.04 Å². The van der Waals surface area contributed by atoms with Crippen LogP contribution < -0.4 is 16.2 Å². The van der Waals surface area contributed by atoms with Crippen molar-refractivity contribution in [2.45, 2.75) is 19.9 Å². The second kappa shape index (κ2) is 6.07. The highest BCUT2D eigenvalue weighted by atomic mass is 35.5. The largest absolute Gasteiger partial charge is 0.353 e. The molecule has 1 aromatic heterocycles. The summed E-state index contributed by atoms with van der Waals surface area (Å²) in [5.74, 6) is 6.61. The Morgan fingerprint density at radius 1 is 1.25 bits per heavy atom. The molecule has 6 heteroatoms. The molecule has 0 aliphatic rings. The third-order valence-corrected chi connectivity index (χ3v) is 3.52. The van der Waals surface area contributed by atoms with Gasteiger partial charge in [0, 0.05) is 23.8 Å². The smallest absolute Gasteiger partial charge is 0.239 e. The summed E-state index contributed by atoms with van der Waals surface area (Å²) in [4.78, 5) is 10.6. The molecule has 2 aromatic rings. The van der Waals surface area contributed by atoms with Crippen LogP contribution in [-0.4, -0.2) is 17.0 Å². The van der Waals surface area contributed by atoms with E-state index in [1.54, 1.807) is 0 Å². The summed E-state index contributed by atoms with van der Waals surface area (Å²) in [6.45, 7) is 4.02. The topological polar surface area (TPSA) is 67.1 Å². The van der Waals surface area contributed by atoms with E-state index in [0.29, 0.717) is 5.95 Å². The molecule has 0 spiro atoms. The van der Waals surface area contributed by atoms with E-state index < -0.39 is 0 Å². The highest BCUT2D eigenvalue weighted by molar-refractivity contribution is 6.30. The zero-order chi connectivity index (χ0) is 14.7. The third kappa shape index (κ3) is 3.18. The summed E-state index contributed by atoms with van der Waals surface area (Å²) in [6.07, 6.45) is 0. The maximum atomic E-state index is 5.92. The number of nitrogen functional groups attached to an aromatic ring is 1. The van der Waals surface area contributed by atoms with Gasteiger partial charge in [0.1, 0.15) is 5.82 Å². The van der Waals surface area contributed by atoms with Gasteiger partial charge in [0.25, 0.3) is 0 Å². The SMILES string of the molecule is Cc1cc(N(C)C(C)c2ccc(Cl)cc2)nc(NN)n1. The monoisotopic (exact) mass is 291 g/mol. The van der Waals surface area contributed by atoms with Crippen LogP contribution in [0.3, 0.4) is 0 Å². The van der Waals surface area contributed by atoms with E-state index in [1.165, 1.54) is 0 Å². The first-order valence-corrected chi connectivity index (χ1v) is 6.69. The highest BCUT2D eigenvalue weighted by Crippen LogP contribution is 2.25. The minimum atomic E-state index is 0.159. The molecule has 106 valence electrons. The average Bonchev–Trinajstić information content (AvgIpc) is 2.45. The Hall–Kier alpha value is -1.85. The van der Waals surface area contributed by atoms with Crippen molar-refractivity contribution in [3.8, 4) is 0 Å². The summed E-state index contributed by atoms with van der Waals surface area (Å²) in [6, 6.07) is 9.89. The molecule has 0 amide bonds. The number of nitrogens with zero attached hydrogens (tertiary/aromatic N) is 3. The quantitative estimate of drug-likeness (QED) is 0.670. The standard InChI is InChI=1S/C14H18ClN5/c1-9-8-13(18-14(17-9)19-16)20(3)10(2)11-4-6-12(15)7-5-11/h4-8,10H,16H2,1-3H3,(H,17,18,19). The molecule has 0 aliphatic carbocycles. The zero-order valence-electron chi connectivity index (χ0n) is 11.8. The second-order valence-electron chi connectivity index (χ2n) is 4.67. The van der Waals surface area contributed by atoms with Crippen molar-refractivity contribution < 1.29 is 0 Å². The molecule has 1 unspecified atom stereocenters. The van der Waals surface area contributed by atoms with Crippen molar-refractivity contribution in [2.75, 3.05) is 17.4 Å². The van der Waals surface area contributed by atoms with Gasteiger partial charge in [-0.25, -0.2) is 10.8 Å². The molecule has 3 N–H and O–H groups in total. The Morgan fingerprint density at radius 2 is 1.90 bits per heavy atom. The van der Waals surface area contributed by atoms with Crippen molar-refractivity contribution in [1.82, 2.24) is 9.97 Å². The number of nitrogens with one attached hydrogen (secondary N) is 1. The van der Waals surface area contributed by atoms with Gasteiger partial charge in [-0.1, -0.05) is 23.7 Å². The fraction of sp³-hybridized carbons (Fsp3) is 0.286. The molecule has 1 heterocycles. The summed E-state index contributed by atoms with van der Waals surface area (Å²) >= 11 is 5.92. The lowest BCUT2D eigenvalue weighted by atomic mass is 10.1. The zero-order valence-corrected chi connectivity index (χ0v) is 12.5. The van der Waals surface area contributed by atoms with Crippen LogP contribution in [0.25, 0.3) is 0 Å². The Balaban J connectivity index is 2.28. The summed E-state index contributed by atoms with van der Waals surface area (Å²) in [5.41, 5.74) is 4.50. The summed E-state index contributed by atoms with van der Waals surface area (Å²) in [5, 5.41) is 0.733. The van der Waals surface area contributed by atoms with Crippen molar-refractivity contribution in [2.24, 2.45) is 5.84 Å². The lowest BCUT2D eigenvalue weighted by molar-refractivity contribution is 0.726. The van der Waals surface area contributed by atoms with E-state index in [4.69, 9.17) is 17.4 Å². The number of hydrogen-bond acceptors (Lipinski definition) is 5. The molecule has 2 rings (SSSR count). The number of aryl methyl sites for hydroxylation is 1. The number of benzene rings is 1. The van der Waals surface area contributed by atoms with Gasteiger partial charge >= 0.3 is 0 Å². The van der Waals surface area contributed by atoms with Crippen LogP contribution in [0.5, 0.6) is 0 Å². The number of aromatic nitrogens is 2. The fourth-order valence-electron chi connectivity index (χ4n) is 1.96. The molecule has 1 atom stereocenters. The number of hydrazine groups is 1. The fourth-order valence-corrected chi connectivity index (χ4v) is 2.09. The molecule has 0 aliphatic heterocycles. The molecule has 0 fully saturated rings. The van der Waals surface area contributed by atoms with Crippen LogP contribution in [0.15, 0.2) is 30.3 Å². The minimum absolute atomic E-state index is 0.159. The predicted molar refractivity (Wildman–Crippen MR) is 82.8 cm³/mol. The Kier molecular flexibility index (Phi) is 4.42. The highest BCUT2D eigenvalue weighted by Gasteiger charge is 2.14. The van der Waals surface area contributed by atoms with Crippen molar-refractivity contribution >= 4 is 23.4 Å². The Labute approximate surface area is 123 Å². The van der Waals surface area contributed by atoms with Gasteiger partial charge in [-0.3, -0.25) is 5.43 Å². The molecule has 0 saturated heterocycles. The van der Waals surface area contributed by atoms with Crippen molar-refractivity contribution in [3.63, 3.8) is 0 Å². The predicted octanol–water partition coefficient (Wildman–Crippen LogP) is 2.92. The van der Waals surface area contributed by atoms with Gasteiger partial charge in [-0.05, 0) is 31.5 Å². The lowest BCUT2D eigenvalue weighted by Crippen LogP contribution is -2.24. The summed E-state index contributed by atoms with van der Waals surface area (Å²) in [7, 11) is 1.99. The first-order chi connectivity index (χ1) is 9.51. The van der Waals surface area contributed by atoms with Crippen LogP contribution >= 0.6 is 11.6 Å². The molecular formula is C14H18ClN5. The number of nitrogens with two attached hydrogens (primary N) is 1. The number of rotatable bonds is 4. The van der Waals surface area contributed by atoms with Gasteiger partial charge in [-0.15, -0.1) is 0 Å². The molecule has 1 aromatic carbocycles. The van der Waals surface area contributed by atoms with Crippen LogP contribution in [0.4, 0.5) is 11.8 Å².